The third kappa shape index (κ3) is 9.36. The Morgan fingerprint density at radius 1 is 0.905 bits per heavy atom. The molecule has 0 rings (SSSR count). The van der Waals surface area contributed by atoms with E-state index in [-0.39, 0.29) is 18.0 Å². The minimum atomic E-state index is -1.26. The molecule has 0 aromatic carbocycles. The Labute approximate surface area is 122 Å². The Kier molecular flexibility index (Phi) is 7.32. The van der Waals surface area contributed by atoms with Gasteiger partial charge in [0.05, 0.1) is 0 Å². The van der Waals surface area contributed by atoms with Crippen molar-refractivity contribution in [1.82, 2.24) is 16.0 Å². The van der Waals surface area contributed by atoms with E-state index in [1.54, 1.807) is 0 Å². The molecule has 2 atom stereocenters. The van der Waals surface area contributed by atoms with E-state index in [4.69, 9.17) is 15.3 Å². The van der Waals surface area contributed by atoms with Crippen molar-refractivity contribution < 1.29 is 29.7 Å². The predicted octanol–water partition coefficient (Wildman–Crippen LogP) is 1.35. The van der Waals surface area contributed by atoms with Crippen LogP contribution in [-0.2, 0) is 0 Å². The summed E-state index contributed by atoms with van der Waals surface area (Å²) in [5.41, 5.74) is -0.341. The first-order valence-corrected chi connectivity index (χ1v) is 6.48. The van der Waals surface area contributed by atoms with Crippen LogP contribution in [0.15, 0.2) is 0 Å². The number of amides is 3. The first-order chi connectivity index (χ1) is 9.52. The van der Waals surface area contributed by atoms with E-state index < -0.39 is 24.3 Å². The van der Waals surface area contributed by atoms with Gasteiger partial charge in [-0.05, 0) is 18.3 Å². The summed E-state index contributed by atoms with van der Waals surface area (Å²) in [6.07, 6.45) is -2.98. The van der Waals surface area contributed by atoms with Crippen molar-refractivity contribution in [3.8, 4) is 0 Å². The normalized spacial score (nSPS) is 13.9. The van der Waals surface area contributed by atoms with E-state index in [0.29, 0.717) is 12.8 Å². The summed E-state index contributed by atoms with van der Waals surface area (Å²) in [4.78, 5) is 31.9. The van der Waals surface area contributed by atoms with E-state index in [1.807, 2.05) is 20.8 Å². The van der Waals surface area contributed by atoms with E-state index >= 15 is 0 Å². The quantitative estimate of drug-likeness (QED) is 0.418. The van der Waals surface area contributed by atoms with Crippen molar-refractivity contribution in [2.75, 3.05) is 6.54 Å². The highest BCUT2D eigenvalue weighted by molar-refractivity contribution is 5.66. The molecule has 0 saturated heterocycles. The van der Waals surface area contributed by atoms with Crippen LogP contribution in [-0.4, -0.2) is 52.2 Å². The summed E-state index contributed by atoms with van der Waals surface area (Å²) in [7, 11) is 0. The minimum Gasteiger partial charge on any atom is -0.465 e. The summed E-state index contributed by atoms with van der Waals surface area (Å²) < 4.78 is 0. The van der Waals surface area contributed by atoms with Gasteiger partial charge in [-0.3, -0.25) is 0 Å². The summed E-state index contributed by atoms with van der Waals surface area (Å²) in [6, 6.07) is -1.00. The van der Waals surface area contributed by atoms with Crippen LogP contribution in [0.4, 0.5) is 14.4 Å². The Balaban J connectivity index is 4.61. The number of hydrogen-bond acceptors (Lipinski definition) is 3. The van der Waals surface area contributed by atoms with Crippen molar-refractivity contribution >= 4 is 18.3 Å². The van der Waals surface area contributed by atoms with Crippen LogP contribution in [0.3, 0.4) is 0 Å². The molecule has 9 nitrogen and oxygen atoms in total. The molecular weight excluding hydrogens is 282 g/mol. The Morgan fingerprint density at radius 3 is 1.81 bits per heavy atom. The van der Waals surface area contributed by atoms with Gasteiger partial charge in [0.15, 0.2) is 0 Å². The number of hydrogen-bond donors (Lipinski definition) is 6. The first kappa shape index (κ1) is 18.8. The smallest absolute Gasteiger partial charge is 0.404 e. The molecule has 0 aromatic rings. The van der Waals surface area contributed by atoms with Gasteiger partial charge in [-0.15, -0.1) is 0 Å². The number of carboxylic acid groups (broad SMARTS) is 3. The fraction of sp³-hybridized carbons (Fsp3) is 0.750. The molecule has 9 heteroatoms. The average molecular weight is 305 g/mol. The van der Waals surface area contributed by atoms with Crippen molar-refractivity contribution in [2.24, 2.45) is 5.41 Å². The van der Waals surface area contributed by atoms with E-state index in [0.717, 1.165) is 0 Å². The maximum atomic E-state index is 10.8. The van der Waals surface area contributed by atoms with Crippen LogP contribution < -0.4 is 16.0 Å². The van der Waals surface area contributed by atoms with Crippen LogP contribution in [0, 0.1) is 5.41 Å². The standard InChI is InChI=1S/C12H23N3O6/c1-12(2,3)8(15-11(20)21)5-4-7(14-10(18)19)6-13-9(16)17/h7-8,13-15H,4-6H2,1-3H3,(H,16,17)(H,18,19)(H,20,21). The minimum absolute atomic E-state index is 0.0778. The van der Waals surface area contributed by atoms with Gasteiger partial charge >= 0.3 is 18.3 Å². The Bertz CT molecular complexity index is 380. The van der Waals surface area contributed by atoms with Gasteiger partial charge in [-0.1, -0.05) is 20.8 Å². The number of nitrogens with one attached hydrogen (secondary N) is 3. The topological polar surface area (TPSA) is 148 Å². The molecule has 6 N–H and O–H groups in total. The third-order valence-corrected chi connectivity index (χ3v) is 2.97. The van der Waals surface area contributed by atoms with E-state index in [9.17, 15) is 14.4 Å². The van der Waals surface area contributed by atoms with Gasteiger partial charge in [0.2, 0.25) is 0 Å². The highest BCUT2D eigenvalue weighted by Gasteiger charge is 2.27. The highest BCUT2D eigenvalue weighted by Crippen LogP contribution is 2.23. The van der Waals surface area contributed by atoms with Crippen LogP contribution in [0.5, 0.6) is 0 Å². The lowest BCUT2D eigenvalue weighted by atomic mass is 9.83. The Morgan fingerprint density at radius 2 is 1.43 bits per heavy atom. The zero-order valence-corrected chi connectivity index (χ0v) is 12.3. The Hall–Kier alpha value is -2.19. The molecule has 0 spiro atoms. The fourth-order valence-electron chi connectivity index (χ4n) is 1.85. The van der Waals surface area contributed by atoms with Gasteiger partial charge in [0, 0.05) is 18.6 Å². The molecule has 2 unspecified atom stereocenters. The molecule has 0 aliphatic heterocycles. The van der Waals surface area contributed by atoms with Crippen molar-refractivity contribution in [1.29, 1.82) is 0 Å². The number of carbonyl (C=O) groups is 3. The largest absolute Gasteiger partial charge is 0.465 e. The van der Waals surface area contributed by atoms with Crippen LogP contribution in [0.1, 0.15) is 33.6 Å². The summed E-state index contributed by atoms with van der Waals surface area (Å²) in [6.45, 7) is 5.51. The highest BCUT2D eigenvalue weighted by atomic mass is 16.4. The maximum Gasteiger partial charge on any atom is 0.404 e. The molecule has 0 heterocycles. The zero-order valence-electron chi connectivity index (χ0n) is 12.3. The molecule has 0 fully saturated rings. The second-order valence-corrected chi connectivity index (χ2v) is 5.78. The summed E-state index contributed by atoms with van der Waals surface area (Å²) in [5.74, 6) is 0. The molecular formula is C12H23N3O6. The van der Waals surface area contributed by atoms with E-state index in [1.165, 1.54) is 0 Å². The predicted molar refractivity (Wildman–Crippen MR) is 74.6 cm³/mol. The zero-order chi connectivity index (χ0) is 16.6. The lowest BCUT2D eigenvalue weighted by Crippen LogP contribution is -2.47. The second-order valence-electron chi connectivity index (χ2n) is 5.78. The fourth-order valence-corrected chi connectivity index (χ4v) is 1.85. The molecule has 21 heavy (non-hydrogen) atoms. The molecule has 0 aromatic heterocycles. The molecule has 0 radical (unpaired) electrons. The molecule has 0 saturated carbocycles. The monoisotopic (exact) mass is 305 g/mol. The van der Waals surface area contributed by atoms with Crippen LogP contribution in [0.2, 0.25) is 0 Å². The van der Waals surface area contributed by atoms with Gasteiger partial charge in [-0.2, -0.15) is 0 Å². The van der Waals surface area contributed by atoms with Crippen molar-refractivity contribution in [3.63, 3.8) is 0 Å². The molecule has 0 aliphatic carbocycles. The SMILES string of the molecule is CC(C)(C)C(CCC(CNC(=O)O)NC(=O)O)NC(=O)O. The van der Waals surface area contributed by atoms with Gasteiger partial charge in [-0.25, -0.2) is 14.4 Å². The summed E-state index contributed by atoms with van der Waals surface area (Å²) in [5, 5.41) is 32.8. The molecule has 122 valence electrons. The molecule has 0 bridgehead atoms. The van der Waals surface area contributed by atoms with Crippen molar-refractivity contribution in [2.45, 2.75) is 45.7 Å². The average Bonchev–Trinajstić information content (AvgIpc) is 2.28. The lowest BCUT2D eigenvalue weighted by Gasteiger charge is -2.31. The first-order valence-electron chi connectivity index (χ1n) is 6.48. The second kappa shape index (κ2) is 8.18. The summed E-state index contributed by atoms with van der Waals surface area (Å²) >= 11 is 0. The lowest BCUT2D eigenvalue weighted by molar-refractivity contribution is 0.167. The molecule has 3 amide bonds. The van der Waals surface area contributed by atoms with E-state index in [2.05, 4.69) is 16.0 Å². The number of rotatable bonds is 7. The van der Waals surface area contributed by atoms with Crippen LogP contribution >= 0.6 is 0 Å². The molecule has 0 aliphatic rings. The van der Waals surface area contributed by atoms with Crippen molar-refractivity contribution in [3.05, 3.63) is 0 Å². The van der Waals surface area contributed by atoms with Gasteiger partial charge in [0.1, 0.15) is 0 Å². The van der Waals surface area contributed by atoms with Gasteiger partial charge in [0.25, 0.3) is 0 Å². The van der Waals surface area contributed by atoms with Crippen LogP contribution in [0.25, 0.3) is 0 Å². The third-order valence-electron chi connectivity index (χ3n) is 2.97. The van der Waals surface area contributed by atoms with Gasteiger partial charge < -0.3 is 31.3 Å². The maximum absolute atomic E-state index is 10.8.